The number of carbonyl (C=O) groups excluding carboxylic acids is 2. The smallest absolute Gasteiger partial charge is 0.270 e. The molecule has 1 aromatic heterocycles. The Morgan fingerprint density at radius 1 is 1.12 bits per heavy atom. The number of nitrogens with one attached hydrogen (secondary N) is 1. The van der Waals surface area contributed by atoms with Crippen LogP contribution in [0.5, 0.6) is 0 Å². The number of nitrogens with zero attached hydrogens (tertiary/aromatic N) is 2. The summed E-state index contributed by atoms with van der Waals surface area (Å²) in [6.45, 7) is 5.30. The summed E-state index contributed by atoms with van der Waals surface area (Å²) in [7, 11) is 0. The van der Waals surface area contributed by atoms with Crippen LogP contribution in [0.25, 0.3) is 0 Å². The number of hydrogen-bond acceptors (Lipinski definition) is 3. The van der Waals surface area contributed by atoms with Gasteiger partial charge in [-0.3, -0.25) is 9.59 Å². The zero-order valence-electron chi connectivity index (χ0n) is 18.9. The standard InChI is InChI=1S/C26H33N3O3/c1-2-22(20-6-4-3-5-7-20)27-25(30)21-14-23(29-12-13-32-17-24(21)29)26(31)28(15-18-8-9-18)16-19-10-11-19/h3-7,14,18-19,22H,2,8-13,15-17H2,1H3,(H,27,30)/t22-/m1/s1. The van der Waals surface area contributed by atoms with Crippen molar-refractivity contribution in [3.63, 3.8) is 0 Å². The van der Waals surface area contributed by atoms with Crippen LogP contribution in [0.4, 0.5) is 0 Å². The Hall–Kier alpha value is -2.60. The topological polar surface area (TPSA) is 63.6 Å². The fraction of sp³-hybridized carbons (Fsp3) is 0.538. The molecule has 1 aliphatic heterocycles. The first-order valence-electron chi connectivity index (χ1n) is 12.1. The van der Waals surface area contributed by atoms with Crippen molar-refractivity contribution in [1.82, 2.24) is 14.8 Å². The van der Waals surface area contributed by atoms with Crippen molar-refractivity contribution in [3.05, 3.63) is 58.9 Å². The minimum atomic E-state index is -0.134. The van der Waals surface area contributed by atoms with Gasteiger partial charge in [0.25, 0.3) is 11.8 Å². The van der Waals surface area contributed by atoms with Gasteiger partial charge < -0.3 is 19.5 Å². The predicted molar refractivity (Wildman–Crippen MR) is 122 cm³/mol. The van der Waals surface area contributed by atoms with Crippen LogP contribution in [0, 0.1) is 11.8 Å². The van der Waals surface area contributed by atoms with E-state index >= 15 is 0 Å². The van der Waals surface area contributed by atoms with Crippen molar-refractivity contribution in [2.24, 2.45) is 11.8 Å². The summed E-state index contributed by atoms with van der Waals surface area (Å²) in [4.78, 5) is 29.0. The van der Waals surface area contributed by atoms with Gasteiger partial charge in [0.1, 0.15) is 5.69 Å². The Kier molecular flexibility index (Phi) is 6.05. The Bertz CT molecular complexity index is 962. The number of hydrogen-bond donors (Lipinski definition) is 1. The maximum Gasteiger partial charge on any atom is 0.270 e. The minimum Gasteiger partial charge on any atom is -0.373 e. The van der Waals surface area contributed by atoms with Gasteiger partial charge in [0, 0.05) is 19.6 Å². The monoisotopic (exact) mass is 435 g/mol. The molecule has 0 saturated heterocycles. The van der Waals surface area contributed by atoms with Crippen LogP contribution in [0.3, 0.4) is 0 Å². The van der Waals surface area contributed by atoms with Gasteiger partial charge >= 0.3 is 0 Å². The van der Waals surface area contributed by atoms with Crippen molar-refractivity contribution >= 4 is 11.8 Å². The summed E-state index contributed by atoms with van der Waals surface area (Å²) >= 11 is 0. The lowest BCUT2D eigenvalue weighted by Crippen LogP contribution is -2.36. The molecular weight excluding hydrogens is 402 g/mol. The first-order valence-corrected chi connectivity index (χ1v) is 12.1. The third kappa shape index (κ3) is 4.60. The van der Waals surface area contributed by atoms with Crippen molar-refractivity contribution in [3.8, 4) is 0 Å². The van der Waals surface area contributed by atoms with Gasteiger partial charge in [0.05, 0.1) is 30.5 Å². The highest BCUT2D eigenvalue weighted by Gasteiger charge is 2.34. The SMILES string of the molecule is CC[C@@H](NC(=O)c1cc(C(=O)N(CC2CC2)CC2CC2)n2c1COCC2)c1ccccc1. The summed E-state index contributed by atoms with van der Waals surface area (Å²) in [5.41, 5.74) is 3.12. The van der Waals surface area contributed by atoms with Crippen LogP contribution in [0.15, 0.2) is 36.4 Å². The largest absolute Gasteiger partial charge is 0.373 e. The van der Waals surface area contributed by atoms with E-state index in [-0.39, 0.29) is 17.9 Å². The molecule has 0 unspecified atom stereocenters. The second kappa shape index (κ2) is 9.10. The number of benzene rings is 1. The molecule has 32 heavy (non-hydrogen) atoms. The average molecular weight is 436 g/mol. The lowest BCUT2D eigenvalue weighted by atomic mass is 10.0. The Labute approximate surface area is 189 Å². The van der Waals surface area contributed by atoms with Crippen molar-refractivity contribution in [2.75, 3.05) is 19.7 Å². The first-order chi connectivity index (χ1) is 15.6. The zero-order chi connectivity index (χ0) is 22.1. The van der Waals surface area contributed by atoms with Gasteiger partial charge in [0.15, 0.2) is 0 Å². The second-order valence-corrected chi connectivity index (χ2v) is 9.54. The molecule has 170 valence electrons. The van der Waals surface area contributed by atoms with Crippen LogP contribution in [0.1, 0.15) is 77.2 Å². The maximum atomic E-state index is 13.6. The third-order valence-corrected chi connectivity index (χ3v) is 6.92. The summed E-state index contributed by atoms with van der Waals surface area (Å²) in [5.74, 6) is 1.23. The first kappa shape index (κ1) is 21.3. The lowest BCUT2D eigenvalue weighted by Gasteiger charge is -2.25. The van der Waals surface area contributed by atoms with Crippen molar-refractivity contribution < 1.29 is 14.3 Å². The third-order valence-electron chi connectivity index (χ3n) is 6.92. The average Bonchev–Trinajstić information content (AvgIpc) is 3.76. The molecule has 2 heterocycles. The molecule has 2 amide bonds. The van der Waals surface area contributed by atoms with E-state index in [0.29, 0.717) is 42.9 Å². The molecule has 0 radical (unpaired) electrons. The predicted octanol–water partition coefficient (Wildman–Crippen LogP) is 4.16. The number of carbonyl (C=O) groups is 2. The summed E-state index contributed by atoms with van der Waals surface area (Å²) in [6.07, 6.45) is 5.69. The highest BCUT2D eigenvalue weighted by atomic mass is 16.5. The van der Waals surface area contributed by atoms with Crippen LogP contribution >= 0.6 is 0 Å². The molecular formula is C26H33N3O3. The van der Waals surface area contributed by atoms with Gasteiger partial charge in [-0.25, -0.2) is 0 Å². The van der Waals surface area contributed by atoms with E-state index in [2.05, 4.69) is 12.2 Å². The Balaban J connectivity index is 1.40. The van der Waals surface area contributed by atoms with E-state index in [0.717, 1.165) is 30.8 Å². The molecule has 5 rings (SSSR count). The van der Waals surface area contributed by atoms with Crippen LogP contribution in [-0.2, 0) is 17.9 Å². The fourth-order valence-electron chi connectivity index (χ4n) is 4.67. The molecule has 0 bridgehead atoms. The maximum absolute atomic E-state index is 13.6. The molecule has 3 aliphatic rings. The molecule has 2 saturated carbocycles. The molecule has 0 spiro atoms. The van der Waals surface area contributed by atoms with Gasteiger partial charge in [0.2, 0.25) is 0 Å². The molecule has 2 aromatic rings. The van der Waals surface area contributed by atoms with Crippen LogP contribution in [-0.4, -0.2) is 41.0 Å². The molecule has 6 nitrogen and oxygen atoms in total. The van der Waals surface area contributed by atoms with Gasteiger partial charge in [-0.05, 0) is 55.6 Å². The van der Waals surface area contributed by atoms with Gasteiger partial charge in [-0.15, -0.1) is 0 Å². The van der Waals surface area contributed by atoms with Crippen molar-refractivity contribution in [2.45, 2.75) is 58.2 Å². The highest BCUT2D eigenvalue weighted by Crippen LogP contribution is 2.35. The number of aromatic nitrogens is 1. The van der Waals surface area contributed by atoms with Gasteiger partial charge in [-0.1, -0.05) is 37.3 Å². The van der Waals surface area contributed by atoms with E-state index in [4.69, 9.17) is 4.74 Å². The summed E-state index contributed by atoms with van der Waals surface area (Å²) in [5, 5.41) is 3.18. The number of fused-ring (bicyclic) bond motifs is 1. The van der Waals surface area contributed by atoms with Crippen molar-refractivity contribution in [1.29, 1.82) is 0 Å². The molecule has 1 N–H and O–H groups in total. The lowest BCUT2D eigenvalue weighted by molar-refractivity contribution is 0.0678. The van der Waals surface area contributed by atoms with Crippen LogP contribution < -0.4 is 5.32 Å². The number of amides is 2. The molecule has 2 aliphatic carbocycles. The molecule has 1 aromatic carbocycles. The van der Waals surface area contributed by atoms with E-state index in [9.17, 15) is 9.59 Å². The second-order valence-electron chi connectivity index (χ2n) is 9.54. The van der Waals surface area contributed by atoms with E-state index < -0.39 is 0 Å². The fourth-order valence-corrected chi connectivity index (χ4v) is 4.67. The number of ether oxygens (including phenoxy) is 1. The van der Waals surface area contributed by atoms with Crippen LogP contribution in [0.2, 0.25) is 0 Å². The highest BCUT2D eigenvalue weighted by molar-refractivity contribution is 6.01. The molecule has 6 heteroatoms. The van der Waals surface area contributed by atoms with Gasteiger partial charge in [-0.2, -0.15) is 0 Å². The Morgan fingerprint density at radius 3 is 2.44 bits per heavy atom. The molecule has 2 fully saturated rings. The quantitative estimate of drug-likeness (QED) is 0.643. The number of rotatable bonds is 9. The summed E-state index contributed by atoms with van der Waals surface area (Å²) < 4.78 is 7.70. The van der Waals surface area contributed by atoms with E-state index in [1.54, 1.807) is 0 Å². The Morgan fingerprint density at radius 2 is 1.81 bits per heavy atom. The van der Waals surface area contributed by atoms with E-state index in [1.807, 2.05) is 45.9 Å². The zero-order valence-corrected chi connectivity index (χ0v) is 18.9. The molecule has 1 atom stereocenters. The minimum absolute atomic E-state index is 0.0656. The normalized spacial score (nSPS) is 18.7. The summed E-state index contributed by atoms with van der Waals surface area (Å²) in [6, 6.07) is 11.8. The van der Waals surface area contributed by atoms with E-state index in [1.165, 1.54) is 25.7 Å².